The Balaban J connectivity index is 0.000000880. The minimum atomic E-state index is -0.403. The van der Waals surface area contributed by atoms with E-state index < -0.39 is 5.82 Å². The Morgan fingerprint density at radius 2 is 2.08 bits per heavy atom. The quantitative estimate of drug-likeness (QED) is 0.618. The van der Waals surface area contributed by atoms with Crippen molar-refractivity contribution in [1.29, 1.82) is 0 Å². The topological polar surface area (TPSA) is 59.7 Å². The SMILES string of the molecule is CC.O=C(c1cn2c(Br)cnc2cn1)N1CCOc2cc(F)ccc21. The van der Waals surface area contributed by atoms with Crippen LogP contribution < -0.4 is 9.64 Å². The van der Waals surface area contributed by atoms with Crippen molar-refractivity contribution < 1.29 is 13.9 Å². The van der Waals surface area contributed by atoms with E-state index in [0.29, 0.717) is 30.2 Å². The molecule has 1 aliphatic heterocycles. The van der Waals surface area contributed by atoms with Crippen molar-refractivity contribution in [3.05, 3.63) is 52.9 Å². The largest absolute Gasteiger partial charge is 0.489 e. The summed E-state index contributed by atoms with van der Waals surface area (Å²) in [4.78, 5) is 22.6. The predicted octanol–water partition coefficient (Wildman–Crippen LogP) is 3.70. The molecule has 1 aromatic carbocycles. The number of rotatable bonds is 1. The number of carbonyl (C=O) groups is 1. The number of hydrogen-bond donors (Lipinski definition) is 0. The normalized spacial score (nSPS) is 12.9. The highest BCUT2D eigenvalue weighted by molar-refractivity contribution is 9.10. The molecular formula is C17H16BrFN4O2. The van der Waals surface area contributed by atoms with E-state index in [1.165, 1.54) is 29.3 Å². The van der Waals surface area contributed by atoms with E-state index in [4.69, 9.17) is 4.74 Å². The number of fused-ring (bicyclic) bond motifs is 2. The minimum absolute atomic E-state index is 0.272. The Morgan fingerprint density at radius 3 is 2.88 bits per heavy atom. The van der Waals surface area contributed by atoms with E-state index in [1.807, 2.05) is 13.8 Å². The maximum absolute atomic E-state index is 13.3. The van der Waals surface area contributed by atoms with Crippen LogP contribution in [0.2, 0.25) is 0 Å². The molecule has 0 spiro atoms. The third kappa shape index (κ3) is 3.21. The molecule has 130 valence electrons. The molecule has 3 heterocycles. The van der Waals surface area contributed by atoms with Crippen molar-refractivity contribution >= 4 is 33.2 Å². The second-order valence-electron chi connectivity index (χ2n) is 5.00. The Labute approximate surface area is 152 Å². The first-order valence-electron chi connectivity index (χ1n) is 7.86. The summed E-state index contributed by atoms with van der Waals surface area (Å²) in [6.07, 6.45) is 4.79. The number of anilines is 1. The lowest BCUT2D eigenvalue weighted by molar-refractivity contribution is 0.0971. The average Bonchev–Trinajstić information content (AvgIpc) is 3.02. The summed E-state index contributed by atoms with van der Waals surface area (Å²) in [6, 6.07) is 4.11. The van der Waals surface area contributed by atoms with Gasteiger partial charge in [0.25, 0.3) is 5.91 Å². The zero-order chi connectivity index (χ0) is 18.0. The highest BCUT2D eigenvalue weighted by atomic mass is 79.9. The van der Waals surface area contributed by atoms with E-state index in [1.54, 1.807) is 16.8 Å². The molecule has 2 aromatic heterocycles. The summed E-state index contributed by atoms with van der Waals surface area (Å²) >= 11 is 3.37. The Morgan fingerprint density at radius 1 is 1.28 bits per heavy atom. The standard InChI is InChI=1S/C15H10BrFN4O2.C2H6/c16-13-6-19-14-7-18-10(8-21(13)14)15(22)20-3-4-23-12-5-9(17)1-2-11(12)20;1-2/h1-2,5-8H,3-4H2;1-2H3. The molecule has 1 amide bonds. The summed E-state index contributed by atoms with van der Waals surface area (Å²) in [6.45, 7) is 4.68. The molecule has 0 unspecified atom stereocenters. The molecule has 4 rings (SSSR count). The Bertz CT molecular complexity index is 928. The maximum atomic E-state index is 13.3. The van der Waals surface area contributed by atoms with Gasteiger partial charge in [-0.25, -0.2) is 14.4 Å². The van der Waals surface area contributed by atoms with Crippen LogP contribution in [0.3, 0.4) is 0 Å². The van der Waals surface area contributed by atoms with Crippen LogP contribution >= 0.6 is 15.9 Å². The molecule has 25 heavy (non-hydrogen) atoms. The summed E-state index contributed by atoms with van der Waals surface area (Å²) < 4.78 is 21.2. The molecule has 0 saturated carbocycles. The Hall–Kier alpha value is -2.48. The van der Waals surface area contributed by atoms with Gasteiger partial charge in [-0.2, -0.15) is 0 Å². The van der Waals surface area contributed by atoms with Gasteiger partial charge in [-0.05, 0) is 28.1 Å². The molecule has 0 N–H and O–H groups in total. The van der Waals surface area contributed by atoms with Crippen molar-refractivity contribution in [3.63, 3.8) is 0 Å². The van der Waals surface area contributed by atoms with E-state index in [0.717, 1.165) is 4.60 Å². The van der Waals surface area contributed by atoms with Crippen LogP contribution in [0.25, 0.3) is 5.65 Å². The second kappa shape index (κ2) is 7.18. The molecule has 0 atom stereocenters. The smallest absolute Gasteiger partial charge is 0.278 e. The predicted molar refractivity (Wildman–Crippen MR) is 95.6 cm³/mol. The minimum Gasteiger partial charge on any atom is -0.489 e. The van der Waals surface area contributed by atoms with Crippen LogP contribution in [0.15, 0.2) is 41.4 Å². The molecule has 0 fully saturated rings. The van der Waals surface area contributed by atoms with Gasteiger partial charge in [-0.15, -0.1) is 0 Å². The number of halogens is 2. The molecule has 0 saturated heterocycles. The van der Waals surface area contributed by atoms with Gasteiger partial charge in [0.1, 0.15) is 28.5 Å². The molecule has 6 nitrogen and oxygen atoms in total. The van der Waals surface area contributed by atoms with Crippen molar-refractivity contribution in [2.75, 3.05) is 18.1 Å². The maximum Gasteiger partial charge on any atom is 0.278 e. The molecule has 0 bridgehead atoms. The van der Waals surface area contributed by atoms with Gasteiger partial charge in [0.2, 0.25) is 0 Å². The van der Waals surface area contributed by atoms with Crippen LogP contribution in [0.4, 0.5) is 10.1 Å². The van der Waals surface area contributed by atoms with Gasteiger partial charge in [0.15, 0.2) is 5.65 Å². The van der Waals surface area contributed by atoms with Crippen molar-refractivity contribution in [2.24, 2.45) is 0 Å². The van der Waals surface area contributed by atoms with Gasteiger partial charge >= 0.3 is 0 Å². The van der Waals surface area contributed by atoms with E-state index >= 15 is 0 Å². The second-order valence-corrected chi connectivity index (χ2v) is 5.81. The van der Waals surface area contributed by atoms with Crippen molar-refractivity contribution in [1.82, 2.24) is 14.4 Å². The number of amides is 1. The van der Waals surface area contributed by atoms with Gasteiger partial charge in [0.05, 0.1) is 24.6 Å². The first-order chi connectivity index (χ1) is 12.1. The average molecular weight is 407 g/mol. The van der Waals surface area contributed by atoms with Gasteiger partial charge in [-0.1, -0.05) is 13.8 Å². The fourth-order valence-corrected chi connectivity index (χ4v) is 2.90. The third-order valence-corrected chi connectivity index (χ3v) is 4.19. The number of aromatic nitrogens is 3. The van der Waals surface area contributed by atoms with Crippen LogP contribution in [0.1, 0.15) is 24.3 Å². The highest BCUT2D eigenvalue weighted by Crippen LogP contribution is 2.32. The van der Waals surface area contributed by atoms with E-state index in [-0.39, 0.29) is 11.6 Å². The van der Waals surface area contributed by atoms with Crippen molar-refractivity contribution in [2.45, 2.75) is 13.8 Å². The van der Waals surface area contributed by atoms with Gasteiger partial charge < -0.3 is 9.64 Å². The molecule has 0 aliphatic carbocycles. The fourth-order valence-electron chi connectivity index (χ4n) is 2.51. The first kappa shape index (κ1) is 17.3. The van der Waals surface area contributed by atoms with Crippen molar-refractivity contribution in [3.8, 4) is 5.75 Å². The molecule has 1 aliphatic rings. The van der Waals surface area contributed by atoms with Gasteiger partial charge in [0, 0.05) is 12.3 Å². The molecular weight excluding hydrogens is 391 g/mol. The lowest BCUT2D eigenvalue weighted by Gasteiger charge is -2.29. The first-order valence-corrected chi connectivity index (χ1v) is 8.65. The molecule has 3 aromatic rings. The van der Waals surface area contributed by atoms with E-state index in [9.17, 15) is 9.18 Å². The number of benzene rings is 1. The number of ether oxygens (including phenoxy) is 1. The summed E-state index contributed by atoms with van der Waals surface area (Å²) in [7, 11) is 0. The summed E-state index contributed by atoms with van der Waals surface area (Å²) in [5.41, 5.74) is 1.44. The number of carbonyl (C=O) groups excluding carboxylic acids is 1. The number of hydrogen-bond acceptors (Lipinski definition) is 4. The van der Waals surface area contributed by atoms with Crippen LogP contribution in [0.5, 0.6) is 5.75 Å². The number of nitrogens with zero attached hydrogens (tertiary/aromatic N) is 4. The highest BCUT2D eigenvalue weighted by Gasteiger charge is 2.26. The lowest BCUT2D eigenvalue weighted by Crippen LogP contribution is -2.38. The molecule has 8 heteroatoms. The zero-order valence-electron chi connectivity index (χ0n) is 13.7. The van der Waals surface area contributed by atoms with Gasteiger partial charge in [-0.3, -0.25) is 9.20 Å². The summed E-state index contributed by atoms with van der Waals surface area (Å²) in [5.74, 6) is -0.321. The third-order valence-electron chi connectivity index (χ3n) is 3.60. The fraction of sp³-hybridized carbons (Fsp3) is 0.235. The zero-order valence-corrected chi connectivity index (χ0v) is 15.3. The van der Waals surface area contributed by atoms with Crippen LogP contribution in [-0.2, 0) is 0 Å². The Kier molecular flexibility index (Phi) is 4.98. The monoisotopic (exact) mass is 406 g/mol. The van der Waals surface area contributed by atoms with Crippen LogP contribution in [0, 0.1) is 5.82 Å². The number of imidazole rings is 1. The molecule has 0 radical (unpaired) electrons. The van der Waals surface area contributed by atoms with Crippen LogP contribution in [-0.4, -0.2) is 33.4 Å². The lowest BCUT2D eigenvalue weighted by atomic mass is 10.2. The summed E-state index contributed by atoms with van der Waals surface area (Å²) in [5, 5.41) is 0. The van der Waals surface area contributed by atoms with E-state index in [2.05, 4.69) is 25.9 Å².